The molecule has 1 aromatic heterocycles. The second kappa shape index (κ2) is 7.86. The van der Waals surface area contributed by atoms with E-state index in [1.54, 1.807) is 25.3 Å². The maximum absolute atomic E-state index is 13.0. The highest BCUT2D eigenvalue weighted by molar-refractivity contribution is 7.15. The van der Waals surface area contributed by atoms with Crippen LogP contribution < -0.4 is 5.73 Å². The van der Waals surface area contributed by atoms with Crippen LogP contribution in [0.15, 0.2) is 30.5 Å². The monoisotopic (exact) mass is 323 g/mol. The molecule has 118 valence electrons. The van der Waals surface area contributed by atoms with E-state index >= 15 is 0 Å². The Labute approximate surface area is 132 Å². The first-order valence-electron chi connectivity index (χ1n) is 6.89. The molecule has 1 heterocycles. The second-order valence-corrected chi connectivity index (χ2v) is 5.89. The Bertz CT molecular complexity index is 616. The molecule has 0 radical (unpaired) electrons. The van der Waals surface area contributed by atoms with Crippen LogP contribution in [0.5, 0.6) is 0 Å². The van der Waals surface area contributed by atoms with Crippen molar-refractivity contribution in [2.24, 2.45) is 0 Å². The van der Waals surface area contributed by atoms with Crippen molar-refractivity contribution in [2.75, 3.05) is 18.9 Å². The van der Waals surface area contributed by atoms with Gasteiger partial charge in [0, 0.05) is 24.2 Å². The van der Waals surface area contributed by atoms with Crippen LogP contribution in [0.4, 0.5) is 9.52 Å². The minimum absolute atomic E-state index is 0.156. The number of rotatable bonds is 7. The van der Waals surface area contributed by atoms with Crippen LogP contribution in [0.1, 0.15) is 17.4 Å². The summed E-state index contributed by atoms with van der Waals surface area (Å²) in [6.45, 7) is 3.31. The third kappa shape index (κ3) is 5.09. The fourth-order valence-electron chi connectivity index (χ4n) is 2.02. The van der Waals surface area contributed by atoms with Gasteiger partial charge in [0.15, 0.2) is 5.13 Å². The minimum Gasteiger partial charge on any atom is -0.465 e. The van der Waals surface area contributed by atoms with Crippen molar-refractivity contribution in [2.45, 2.75) is 20.0 Å². The van der Waals surface area contributed by atoms with Crippen molar-refractivity contribution < 1.29 is 13.9 Å². The fraction of sp³-hybridized carbons (Fsp3) is 0.333. The third-order valence-electron chi connectivity index (χ3n) is 2.93. The van der Waals surface area contributed by atoms with Crippen molar-refractivity contribution in [1.29, 1.82) is 0 Å². The van der Waals surface area contributed by atoms with E-state index in [1.165, 1.54) is 23.5 Å². The predicted octanol–water partition coefficient (Wildman–Crippen LogP) is 2.43. The van der Waals surface area contributed by atoms with Gasteiger partial charge in [0.25, 0.3) is 0 Å². The zero-order valence-electron chi connectivity index (χ0n) is 12.3. The Morgan fingerprint density at radius 3 is 2.68 bits per heavy atom. The van der Waals surface area contributed by atoms with E-state index in [2.05, 4.69) is 4.98 Å². The standard InChI is InChI=1S/C15H18FN3O2S/c1-2-21-14(20)10-19(9-13-7-18-15(17)22-13)8-11-3-5-12(16)6-4-11/h3-7H,2,8-10H2,1H3,(H2,17,18). The van der Waals surface area contributed by atoms with Gasteiger partial charge in [0.1, 0.15) is 5.82 Å². The molecule has 0 aliphatic heterocycles. The highest BCUT2D eigenvalue weighted by Gasteiger charge is 2.14. The molecule has 0 atom stereocenters. The maximum Gasteiger partial charge on any atom is 0.320 e. The Morgan fingerprint density at radius 2 is 2.09 bits per heavy atom. The number of ether oxygens (including phenoxy) is 1. The number of nitrogen functional groups attached to an aromatic ring is 1. The summed E-state index contributed by atoms with van der Waals surface area (Å²) in [6.07, 6.45) is 1.70. The lowest BCUT2D eigenvalue weighted by molar-refractivity contribution is -0.144. The molecular formula is C15H18FN3O2S. The predicted molar refractivity (Wildman–Crippen MR) is 83.7 cm³/mol. The first-order valence-corrected chi connectivity index (χ1v) is 7.71. The summed E-state index contributed by atoms with van der Waals surface area (Å²) in [5.41, 5.74) is 6.55. The summed E-state index contributed by atoms with van der Waals surface area (Å²) in [7, 11) is 0. The number of hydrogen-bond acceptors (Lipinski definition) is 6. The lowest BCUT2D eigenvalue weighted by Crippen LogP contribution is -2.30. The van der Waals surface area contributed by atoms with Crippen LogP contribution >= 0.6 is 11.3 Å². The summed E-state index contributed by atoms with van der Waals surface area (Å²) in [5, 5.41) is 0.493. The van der Waals surface area contributed by atoms with Crippen LogP contribution in [0.3, 0.4) is 0 Å². The minimum atomic E-state index is -0.290. The molecule has 0 aliphatic carbocycles. The van der Waals surface area contributed by atoms with E-state index in [0.29, 0.717) is 24.8 Å². The smallest absolute Gasteiger partial charge is 0.320 e. The highest BCUT2D eigenvalue weighted by Crippen LogP contribution is 2.18. The molecule has 0 amide bonds. The average Bonchev–Trinajstić information content (AvgIpc) is 2.87. The van der Waals surface area contributed by atoms with Crippen LogP contribution in [0, 0.1) is 5.82 Å². The van der Waals surface area contributed by atoms with Crippen molar-refractivity contribution in [1.82, 2.24) is 9.88 Å². The van der Waals surface area contributed by atoms with Gasteiger partial charge in [0.05, 0.1) is 13.2 Å². The molecule has 0 bridgehead atoms. The number of esters is 1. The summed E-state index contributed by atoms with van der Waals surface area (Å²) in [4.78, 5) is 18.6. The van der Waals surface area contributed by atoms with E-state index in [9.17, 15) is 9.18 Å². The Kier molecular flexibility index (Phi) is 5.85. The van der Waals surface area contributed by atoms with Gasteiger partial charge in [-0.3, -0.25) is 9.69 Å². The zero-order chi connectivity index (χ0) is 15.9. The topological polar surface area (TPSA) is 68.5 Å². The quantitative estimate of drug-likeness (QED) is 0.793. The van der Waals surface area contributed by atoms with E-state index < -0.39 is 0 Å². The number of nitrogens with zero attached hydrogens (tertiary/aromatic N) is 2. The number of aromatic nitrogens is 1. The number of nitrogens with two attached hydrogens (primary N) is 1. The fourth-order valence-corrected chi connectivity index (χ4v) is 2.75. The SMILES string of the molecule is CCOC(=O)CN(Cc1ccc(F)cc1)Cc1cnc(N)s1. The van der Waals surface area contributed by atoms with Gasteiger partial charge in [-0.2, -0.15) is 0 Å². The van der Waals surface area contributed by atoms with Crippen molar-refractivity contribution in [3.05, 3.63) is 46.7 Å². The first kappa shape index (κ1) is 16.4. The Hall–Kier alpha value is -1.99. The number of thiazole rings is 1. The summed E-state index contributed by atoms with van der Waals surface area (Å²) >= 11 is 1.38. The maximum atomic E-state index is 13.0. The van der Waals surface area contributed by atoms with Crippen LogP contribution in [0.2, 0.25) is 0 Å². The zero-order valence-corrected chi connectivity index (χ0v) is 13.1. The van der Waals surface area contributed by atoms with Crippen molar-refractivity contribution >= 4 is 22.4 Å². The largest absolute Gasteiger partial charge is 0.465 e. The van der Waals surface area contributed by atoms with Crippen LogP contribution in [-0.2, 0) is 22.6 Å². The van der Waals surface area contributed by atoms with Gasteiger partial charge >= 0.3 is 5.97 Å². The number of hydrogen-bond donors (Lipinski definition) is 1. The van der Waals surface area contributed by atoms with Gasteiger partial charge in [-0.25, -0.2) is 9.37 Å². The van der Waals surface area contributed by atoms with E-state index in [-0.39, 0.29) is 18.3 Å². The van der Waals surface area contributed by atoms with Crippen LogP contribution in [0.25, 0.3) is 0 Å². The molecule has 0 saturated heterocycles. The number of benzene rings is 1. The molecule has 2 aromatic rings. The number of halogens is 1. The number of carbonyl (C=O) groups is 1. The molecule has 22 heavy (non-hydrogen) atoms. The summed E-state index contributed by atoms with van der Waals surface area (Å²) in [5.74, 6) is -0.571. The van der Waals surface area contributed by atoms with Crippen molar-refractivity contribution in [3.8, 4) is 0 Å². The molecule has 0 unspecified atom stereocenters. The highest BCUT2D eigenvalue weighted by atomic mass is 32.1. The molecular weight excluding hydrogens is 305 g/mol. The molecule has 1 aromatic carbocycles. The number of carbonyl (C=O) groups excluding carboxylic acids is 1. The number of anilines is 1. The Balaban J connectivity index is 2.06. The van der Waals surface area contributed by atoms with Gasteiger partial charge in [-0.15, -0.1) is 11.3 Å². The van der Waals surface area contributed by atoms with E-state index in [1.807, 2.05) is 4.90 Å². The molecule has 0 aliphatic rings. The average molecular weight is 323 g/mol. The van der Waals surface area contributed by atoms with E-state index in [4.69, 9.17) is 10.5 Å². The summed E-state index contributed by atoms with van der Waals surface area (Å²) in [6, 6.07) is 6.22. The van der Waals surface area contributed by atoms with Crippen LogP contribution in [-0.4, -0.2) is 29.0 Å². The lowest BCUT2D eigenvalue weighted by atomic mass is 10.2. The molecule has 0 fully saturated rings. The summed E-state index contributed by atoms with van der Waals surface area (Å²) < 4.78 is 18.0. The first-order chi connectivity index (χ1) is 10.6. The Morgan fingerprint density at radius 1 is 1.36 bits per heavy atom. The third-order valence-corrected chi connectivity index (χ3v) is 3.74. The molecule has 2 rings (SSSR count). The van der Waals surface area contributed by atoms with Gasteiger partial charge < -0.3 is 10.5 Å². The van der Waals surface area contributed by atoms with Gasteiger partial charge in [-0.05, 0) is 24.6 Å². The molecule has 2 N–H and O–H groups in total. The van der Waals surface area contributed by atoms with Gasteiger partial charge in [0.2, 0.25) is 0 Å². The molecule has 5 nitrogen and oxygen atoms in total. The molecule has 0 saturated carbocycles. The van der Waals surface area contributed by atoms with E-state index in [0.717, 1.165) is 10.4 Å². The molecule has 0 spiro atoms. The molecule has 7 heteroatoms. The second-order valence-electron chi connectivity index (χ2n) is 4.74. The van der Waals surface area contributed by atoms with Crippen molar-refractivity contribution in [3.63, 3.8) is 0 Å². The lowest BCUT2D eigenvalue weighted by Gasteiger charge is -2.20. The normalized spacial score (nSPS) is 10.9. The van der Waals surface area contributed by atoms with Gasteiger partial charge in [-0.1, -0.05) is 12.1 Å².